The van der Waals surface area contributed by atoms with Crippen LogP contribution in [-0.4, -0.2) is 29.8 Å². The molecule has 0 aliphatic carbocycles. The summed E-state index contributed by atoms with van der Waals surface area (Å²) < 4.78 is 38.0. The Morgan fingerprint density at radius 3 is 2.62 bits per heavy atom. The van der Waals surface area contributed by atoms with Crippen LogP contribution in [0.15, 0.2) is 18.3 Å². The topological polar surface area (TPSA) is 36.4 Å². The Hall–Kier alpha value is -1.30. The maximum absolute atomic E-state index is 12.7. The average Bonchev–Trinajstić information content (AvgIpc) is 2.25. The second-order valence-electron chi connectivity index (χ2n) is 3.18. The minimum absolute atomic E-state index is 0.133. The molecule has 0 amide bonds. The van der Waals surface area contributed by atoms with E-state index >= 15 is 0 Å². The van der Waals surface area contributed by atoms with E-state index in [1.54, 1.807) is 6.92 Å². The van der Waals surface area contributed by atoms with E-state index in [0.717, 1.165) is 6.07 Å². The van der Waals surface area contributed by atoms with Crippen molar-refractivity contribution >= 4 is 5.82 Å². The molecular weight excluding hydrogens is 221 g/mol. The van der Waals surface area contributed by atoms with E-state index in [0.29, 0.717) is 6.54 Å². The Labute approximate surface area is 91.5 Å². The predicted octanol–water partition coefficient (Wildman–Crippen LogP) is 1.92. The highest BCUT2D eigenvalue weighted by Crippen LogP contribution is 2.34. The van der Waals surface area contributed by atoms with Gasteiger partial charge in [-0.3, -0.25) is 0 Å². The van der Waals surface area contributed by atoms with Gasteiger partial charge in [-0.15, -0.1) is 0 Å². The maximum atomic E-state index is 12.7. The van der Waals surface area contributed by atoms with Gasteiger partial charge in [0.2, 0.25) is 0 Å². The molecule has 0 aliphatic rings. The van der Waals surface area contributed by atoms with E-state index in [2.05, 4.69) is 4.98 Å². The number of alkyl halides is 3. The van der Waals surface area contributed by atoms with E-state index in [4.69, 9.17) is 5.11 Å². The molecule has 1 heterocycles. The summed E-state index contributed by atoms with van der Waals surface area (Å²) in [7, 11) is 0. The smallest absolute Gasteiger partial charge is 0.395 e. The van der Waals surface area contributed by atoms with Crippen molar-refractivity contribution in [3.8, 4) is 0 Å². The molecule has 0 saturated heterocycles. The molecule has 1 aromatic heterocycles. The summed E-state index contributed by atoms with van der Waals surface area (Å²) in [5.74, 6) is -0.133. The third-order valence-corrected chi connectivity index (χ3v) is 2.14. The van der Waals surface area contributed by atoms with E-state index in [1.165, 1.54) is 17.2 Å². The SMILES string of the molecule is CCN(CCO)c1ncccc1C(F)(F)F. The molecule has 0 atom stereocenters. The zero-order chi connectivity index (χ0) is 12.2. The summed E-state index contributed by atoms with van der Waals surface area (Å²) in [4.78, 5) is 5.12. The van der Waals surface area contributed by atoms with E-state index in [1.807, 2.05) is 0 Å². The third kappa shape index (κ3) is 2.85. The number of aliphatic hydroxyl groups excluding tert-OH is 1. The van der Waals surface area contributed by atoms with Gasteiger partial charge in [-0.1, -0.05) is 0 Å². The quantitative estimate of drug-likeness (QED) is 0.864. The number of aliphatic hydroxyl groups is 1. The lowest BCUT2D eigenvalue weighted by Crippen LogP contribution is -2.29. The van der Waals surface area contributed by atoms with Crippen molar-refractivity contribution in [1.29, 1.82) is 0 Å². The Balaban J connectivity index is 3.11. The molecule has 0 fully saturated rings. The van der Waals surface area contributed by atoms with Gasteiger partial charge in [0.15, 0.2) is 0 Å². The van der Waals surface area contributed by atoms with Crippen molar-refractivity contribution in [1.82, 2.24) is 4.98 Å². The van der Waals surface area contributed by atoms with Gasteiger partial charge in [-0.2, -0.15) is 13.2 Å². The number of rotatable bonds is 4. The summed E-state index contributed by atoms with van der Waals surface area (Å²) in [5, 5.41) is 8.77. The first-order valence-corrected chi connectivity index (χ1v) is 4.88. The zero-order valence-corrected chi connectivity index (χ0v) is 8.83. The van der Waals surface area contributed by atoms with E-state index in [9.17, 15) is 13.2 Å². The largest absolute Gasteiger partial charge is 0.419 e. The fourth-order valence-corrected chi connectivity index (χ4v) is 1.40. The minimum atomic E-state index is -4.42. The molecule has 90 valence electrons. The molecule has 0 aliphatic heterocycles. The van der Waals surface area contributed by atoms with Gasteiger partial charge in [0, 0.05) is 19.3 Å². The molecule has 1 N–H and O–H groups in total. The van der Waals surface area contributed by atoms with Crippen LogP contribution in [0.25, 0.3) is 0 Å². The molecule has 0 saturated carbocycles. The van der Waals surface area contributed by atoms with Gasteiger partial charge in [-0.25, -0.2) is 4.98 Å². The number of aromatic nitrogens is 1. The molecule has 0 unspecified atom stereocenters. The molecule has 0 spiro atoms. The van der Waals surface area contributed by atoms with Gasteiger partial charge in [-0.05, 0) is 19.1 Å². The van der Waals surface area contributed by atoms with Gasteiger partial charge >= 0.3 is 6.18 Å². The van der Waals surface area contributed by atoms with Gasteiger partial charge in [0.05, 0.1) is 12.2 Å². The Bertz CT molecular complexity index is 341. The summed E-state index contributed by atoms with van der Waals surface area (Å²) in [5.41, 5.74) is -0.773. The number of likely N-dealkylation sites (N-methyl/N-ethyl adjacent to an activating group) is 1. The monoisotopic (exact) mass is 234 g/mol. The van der Waals surface area contributed by atoms with Crippen LogP contribution in [-0.2, 0) is 6.18 Å². The molecule has 3 nitrogen and oxygen atoms in total. The molecule has 0 radical (unpaired) electrons. The van der Waals surface area contributed by atoms with Gasteiger partial charge in [0.1, 0.15) is 5.82 Å². The van der Waals surface area contributed by atoms with Crippen molar-refractivity contribution in [3.63, 3.8) is 0 Å². The third-order valence-electron chi connectivity index (χ3n) is 2.14. The lowest BCUT2D eigenvalue weighted by atomic mass is 10.2. The summed E-state index contributed by atoms with van der Waals surface area (Å²) >= 11 is 0. The Morgan fingerprint density at radius 2 is 2.12 bits per heavy atom. The van der Waals surface area contributed by atoms with E-state index < -0.39 is 11.7 Å². The molecular formula is C10H13F3N2O. The standard InChI is InChI=1S/C10H13F3N2O/c1-2-15(6-7-16)9-8(10(11,12)13)4-3-5-14-9/h3-5,16H,2,6-7H2,1H3. The number of anilines is 1. The number of pyridine rings is 1. The van der Waals surface area contributed by atoms with Crippen molar-refractivity contribution in [3.05, 3.63) is 23.9 Å². The van der Waals surface area contributed by atoms with Crippen LogP contribution in [0.3, 0.4) is 0 Å². The fourth-order valence-electron chi connectivity index (χ4n) is 1.40. The van der Waals surface area contributed by atoms with Crippen molar-refractivity contribution in [2.75, 3.05) is 24.6 Å². The van der Waals surface area contributed by atoms with Gasteiger partial charge < -0.3 is 10.0 Å². The van der Waals surface area contributed by atoms with Crippen LogP contribution in [0.1, 0.15) is 12.5 Å². The summed E-state index contributed by atoms with van der Waals surface area (Å²) in [6.45, 7) is 2.00. The Morgan fingerprint density at radius 1 is 1.44 bits per heavy atom. The average molecular weight is 234 g/mol. The van der Waals surface area contributed by atoms with Crippen LogP contribution in [0, 0.1) is 0 Å². The maximum Gasteiger partial charge on any atom is 0.419 e. The number of nitrogens with zero attached hydrogens (tertiary/aromatic N) is 2. The fraction of sp³-hybridized carbons (Fsp3) is 0.500. The first kappa shape index (κ1) is 12.8. The van der Waals surface area contributed by atoms with Gasteiger partial charge in [0.25, 0.3) is 0 Å². The molecule has 0 aromatic carbocycles. The Kier molecular flexibility index (Phi) is 4.12. The van der Waals surface area contributed by atoms with Crippen LogP contribution in [0.5, 0.6) is 0 Å². The second-order valence-corrected chi connectivity index (χ2v) is 3.18. The van der Waals surface area contributed by atoms with Crippen molar-refractivity contribution in [2.45, 2.75) is 13.1 Å². The number of halogens is 3. The molecule has 1 rings (SSSR count). The normalized spacial score (nSPS) is 11.6. The first-order valence-electron chi connectivity index (χ1n) is 4.88. The highest BCUT2D eigenvalue weighted by Gasteiger charge is 2.35. The first-order chi connectivity index (χ1) is 7.50. The lowest BCUT2D eigenvalue weighted by molar-refractivity contribution is -0.137. The van der Waals surface area contributed by atoms with E-state index in [-0.39, 0.29) is 19.0 Å². The second kappa shape index (κ2) is 5.16. The molecule has 0 bridgehead atoms. The molecule has 1 aromatic rings. The number of hydrogen-bond donors (Lipinski definition) is 1. The minimum Gasteiger partial charge on any atom is -0.395 e. The zero-order valence-electron chi connectivity index (χ0n) is 8.83. The van der Waals surface area contributed by atoms with Crippen LogP contribution < -0.4 is 4.90 Å². The molecule has 16 heavy (non-hydrogen) atoms. The van der Waals surface area contributed by atoms with Crippen LogP contribution in [0.4, 0.5) is 19.0 Å². The number of hydrogen-bond acceptors (Lipinski definition) is 3. The predicted molar refractivity (Wildman–Crippen MR) is 54.2 cm³/mol. The molecule has 6 heteroatoms. The van der Waals surface area contributed by atoms with Crippen molar-refractivity contribution in [2.24, 2.45) is 0 Å². The summed E-state index contributed by atoms with van der Waals surface area (Å²) in [6.07, 6.45) is -3.11. The highest BCUT2D eigenvalue weighted by molar-refractivity contribution is 5.48. The van der Waals surface area contributed by atoms with Crippen molar-refractivity contribution < 1.29 is 18.3 Å². The van der Waals surface area contributed by atoms with Crippen LogP contribution in [0.2, 0.25) is 0 Å². The lowest BCUT2D eigenvalue weighted by Gasteiger charge is -2.24. The summed E-state index contributed by atoms with van der Waals surface area (Å²) in [6, 6.07) is 2.24. The highest BCUT2D eigenvalue weighted by atomic mass is 19.4. The van der Waals surface area contributed by atoms with Crippen LogP contribution >= 0.6 is 0 Å².